The number of benzene rings is 2. The van der Waals surface area contributed by atoms with Gasteiger partial charge in [-0.2, -0.15) is 0 Å². The fourth-order valence-electron chi connectivity index (χ4n) is 6.03. The zero-order valence-electron chi connectivity index (χ0n) is 23.8. The normalized spacial score (nSPS) is 18.9. The number of morpholine rings is 1. The van der Waals surface area contributed by atoms with E-state index in [-0.39, 0.29) is 12.1 Å². The predicted molar refractivity (Wildman–Crippen MR) is 166 cm³/mol. The van der Waals surface area contributed by atoms with Crippen molar-refractivity contribution in [1.82, 2.24) is 14.9 Å². The maximum atomic E-state index is 5.98. The Morgan fingerprint density at radius 1 is 0.927 bits per heavy atom. The standard InChI is InChI=1S/C32H35N5O3S/c1-21-19-26(22(2)36(21)24-10-8-23(9-11-24)35-15-17-40-18-16-35)31-30(27-7-5-6-14-33-27)34-32(41)37(31)28-13-12-25(38-3)20-29(28)39-4/h5-14,19-20,30-31H,15-18H2,1-4H3,(H,34,41)/t30-,31-/m1/s1. The average molecular weight is 570 g/mol. The number of aryl methyl sites for hydroxylation is 1. The molecule has 2 aliphatic heterocycles. The highest BCUT2D eigenvalue weighted by atomic mass is 32.1. The first kappa shape index (κ1) is 27.1. The van der Waals surface area contributed by atoms with Gasteiger partial charge in [-0.1, -0.05) is 6.07 Å². The summed E-state index contributed by atoms with van der Waals surface area (Å²) in [5.74, 6) is 1.41. The molecule has 212 valence electrons. The molecule has 2 fully saturated rings. The molecule has 0 bridgehead atoms. The van der Waals surface area contributed by atoms with Gasteiger partial charge in [-0.25, -0.2) is 0 Å². The number of methoxy groups -OCH3 is 2. The van der Waals surface area contributed by atoms with Crippen LogP contribution in [0.4, 0.5) is 11.4 Å². The quantitative estimate of drug-likeness (QED) is 0.292. The molecule has 2 saturated heterocycles. The highest BCUT2D eigenvalue weighted by Gasteiger charge is 2.43. The van der Waals surface area contributed by atoms with E-state index in [1.807, 2.05) is 42.6 Å². The van der Waals surface area contributed by atoms with E-state index in [0.717, 1.165) is 60.5 Å². The van der Waals surface area contributed by atoms with Gasteiger partial charge in [0, 0.05) is 48.1 Å². The van der Waals surface area contributed by atoms with Crippen molar-refractivity contribution in [3.05, 3.63) is 95.6 Å². The number of nitrogens with zero attached hydrogens (tertiary/aromatic N) is 4. The molecule has 2 aromatic carbocycles. The summed E-state index contributed by atoms with van der Waals surface area (Å²) in [5.41, 5.74) is 7.61. The van der Waals surface area contributed by atoms with E-state index in [9.17, 15) is 0 Å². The van der Waals surface area contributed by atoms with Crippen LogP contribution >= 0.6 is 12.2 Å². The highest BCUT2D eigenvalue weighted by molar-refractivity contribution is 7.80. The van der Waals surface area contributed by atoms with Crippen LogP contribution < -0.4 is 24.6 Å². The summed E-state index contributed by atoms with van der Waals surface area (Å²) >= 11 is 5.98. The first-order chi connectivity index (χ1) is 20.0. The van der Waals surface area contributed by atoms with Gasteiger partial charge in [0.2, 0.25) is 0 Å². The molecule has 4 aromatic rings. The summed E-state index contributed by atoms with van der Waals surface area (Å²) in [7, 11) is 3.32. The van der Waals surface area contributed by atoms with Crippen molar-refractivity contribution in [3.8, 4) is 17.2 Å². The highest BCUT2D eigenvalue weighted by Crippen LogP contribution is 2.46. The van der Waals surface area contributed by atoms with Crippen LogP contribution in [0.5, 0.6) is 11.5 Å². The van der Waals surface area contributed by atoms with Crippen LogP contribution in [0.2, 0.25) is 0 Å². The Bertz CT molecular complexity index is 1530. The van der Waals surface area contributed by atoms with Crippen molar-refractivity contribution in [1.29, 1.82) is 0 Å². The van der Waals surface area contributed by atoms with Crippen LogP contribution in [0.15, 0.2) is 72.9 Å². The van der Waals surface area contributed by atoms with E-state index >= 15 is 0 Å². The van der Waals surface area contributed by atoms with Gasteiger partial charge in [0.05, 0.1) is 50.9 Å². The maximum Gasteiger partial charge on any atom is 0.174 e. The lowest BCUT2D eigenvalue weighted by atomic mass is 9.96. The Labute approximate surface area is 246 Å². The van der Waals surface area contributed by atoms with E-state index in [0.29, 0.717) is 10.9 Å². The summed E-state index contributed by atoms with van der Waals surface area (Å²) in [6.07, 6.45) is 1.83. The van der Waals surface area contributed by atoms with Crippen molar-refractivity contribution in [3.63, 3.8) is 0 Å². The number of ether oxygens (including phenoxy) is 3. The van der Waals surface area contributed by atoms with Crippen LogP contribution in [0.3, 0.4) is 0 Å². The minimum Gasteiger partial charge on any atom is -0.497 e. The van der Waals surface area contributed by atoms with Crippen LogP contribution in [0, 0.1) is 13.8 Å². The van der Waals surface area contributed by atoms with E-state index in [1.54, 1.807) is 14.2 Å². The third kappa shape index (κ3) is 5.00. The molecule has 0 spiro atoms. The number of pyridine rings is 1. The van der Waals surface area contributed by atoms with E-state index < -0.39 is 0 Å². The second kappa shape index (κ2) is 11.4. The third-order valence-electron chi connectivity index (χ3n) is 8.02. The van der Waals surface area contributed by atoms with Crippen molar-refractivity contribution in [2.24, 2.45) is 0 Å². The molecule has 8 nitrogen and oxygen atoms in total. The lowest BCUT2D eigenvalue weighted by Gasteiger charge is -2.29. The number of aromatic nitrogens is 2. The van der Waals surface area contributed by atoms with E-state index in [2.05, 4.69) is 63.9 Å². The molecule has 2 atom stereocenters. The predicted octanol–water partition coefficient (Wildman–Crippen LogP) is 5.52. The van der Waals surface area contributed by atoms with Gasteiger partial charge in [0.1, 0.15) is 11.5 Å². The molecule has 2 aromatic heterocycles. The zero-order valence-corrected chi connectivity index (χ0v) is 24.6. The van der Waals surface area contributed by atoms with Crippen molar-refractivity contribution >= 4 is 28.7 Å². The molecule has 6 rings (SSSR count). The van der Waals surface area contributed by atoms with Gasteiger partial charge in [-0.05, 0) is 86.2 Å². The van der Waals surface area contributed by atoms with Gasteiger partial charge in [0.25, 0.3) is 0 Å². The molecule has 2 aliphatic rings. The van der Waals surface area contributed by atoms with Crippen LogP contribution in [-0.2, 0) is 4.74 Å². The Balaban J connectivity index is 1.44. The number of hydrogen-bond acceptors (Lipinski definition) is 6. The maximum absolute atomic E-state index is 5.98. The molecular weight excluding hydrogens is 534 g/mol. The Kier molecular flexibility index (Phi) is 7.55. The zero-order chi connectivity index (χ0) is 28.5. The number of nitrogens with one attached hydrogen (secondary N) is 1. The lowest BCUT2D eigenvalue weighted by Crippen LogP contribution is -2.36. The van der Waals surface area contributed by atoms with Gasteiger partial charge >= 0.3 is 0 Å². The summed E-state index contributed by atoms with van der Waals surface area (Å²) in [4.78, 5) is 9.24. The summed E-state index contributed by atoms with van der Waals surface area (Å²) in [6, 6.07) is 22.6. The van der Waals surface area contributed by atoms with Crippen molar-refractivity contribution in [2.45, 2.75) is 25.9 Å². The van der Waals surface area contributed by atoms with Gasteiger partial charge < -0.3 is 33.9 Å². The molecule has 0 amide bonds. The number of rotatable bonds is 7. The summed E-state index contributed by atoms with van der Waals surface area (Å²) in [6.45, 7) is 7.70. The largest absolute Gasteiger partial charge is 0.497 e. The average Bonchev–Trinajstić information content (AvgIpc) is 3.52. The fourth-order valence-corrected chi connectivity index (χ4v) is 6.37. The van der Waals surface area contributed by atoms with Gasteiger partial charge in [0.15, 0.2) is 5.11 Å². The number of anilines is 2. The lowest BCUT2D eigenvalue weighted by molar-refractivity contribution is 0.122. The molecule has 1 N–H and O–H groups in total. The number of thiocarbonyl (C=S) groups is 1. The monoisotopic (exact) mass is 569 g/mol. The van der Waals surface area contributed by atoms with E-state index in [1.165, 1.54) is 11.3 Å². The second-order valence-corrected chi connectivity index (χ2v) is 10.7. The molecular formula is C32H35N5O3S. The molecule has 0 saturated carbocycles. The van der Waals surface area contributed by atoms with Crippen LogP contribution in [0.25, 0.3) is 5.69 Å². The smallest absolute Gasteiger partial charge is 0.174 e. The topological polar surface area (TPSA) is 64.0 Å². The Hall–Kier alpha value is -4.08. The SMILES string of the molecule is COc1ccc(N2C(=S)N[C@H](c3ccccn3)[C@H]2c2cc(C)n(-c3ccc(N4CCOCC4)cc3)c2C)c(OC)c1. The van der Waals surface area contributed by atoms with Crippen LogP contribution in [0.1, 0.15) is 34.7 Å². The van der Waals surface area contributed by atoms with E-state index in [4.69, 9.17) is 31.4 Å². The molecule has 41 heavy (non-hydrogen) atoms. The molecule has 0 radical (unpaired) electrons. The Morgan fingerprint density at radius 3 is 2.37 bits per heavy atom. The first-order valence-electron chi connectivity index (χ1n) is 13.8. The molecule has 0 unspecified atom stereocenters. The molecule has 9 heteroatoms. The summed E-state index contributed by atoms with van der Waals surface area (Å²) in [5, 5.41) is 4.19. The van der Waals surface area contributed by atoms with Crippen molar-refractivity contribution in [2.75, 3.05) is 50.3 Å². The van der Waals surface area contributed by atoms with Crippen molar-refractivity contribution < 1.29 is 14.2 Å². The molecule has 0 aliphatic carbocycles. The minimum absolute atomic E-state index is 0.159. The van der Waals surface area contributed by atoms with Gasteiger partial charge in [-0.3, -0.25) is 4.98 Å². The summed E-state index contributed by atoms with van der Waals surface area (Å²) < 4.78 is 19.1. The Morgan fingerprint density at radius 2 is 1.68 bits per heavy atom. The fraction of sp³-hybridized carbons (Fsp3) is 0.312. The second-order valence-electron chi connectivity index (χ2n) is 10.3. The minimum atomic E-state index is -0.160. The molecule has 4 heterocycles. The number of hydrogen-bond donors (Lipinski definition) is 1. The third-order valence-corrected chi connectivity index (χ3v) is 8.33. The first-order valence-corrected chi connectivity index (χ1v) is 14.3. The van der Waals surface area contributed by atoms with Gasteiger partial charge in [-0.15, -0.1) is 0 Å². The van der Waals surface area contributed by atoms with Crippen LogP contribution in [-0.4, -0.2) is 55.2 Å².